The highest BCUT2D eigenvalue weighted by molar-refractivity contribution is 5.77. The van der Waals surface area contributed by atoms with Crippen molar-refractivity contribution in [1.82, 2.24) is 0 Å². The van der Waals surface area contributed by atoms with E-state index in [2.05, 4.69) is 49.9 Å². The Labute approximate surface area is 90.9 Å². The molecule has 0 spiro atoms. The molecule has 0 nitrogen and oxygen atoms in total. The molecule has 0 aliphatic carbocycles. The Morgan fingerprint density at radius 1 is 0.800 bits per heavy atom. The molecule has 0 fully saturated rings. The van der Waals surface area contributed by atoms with Crippen molar-refractivity contribution in [2.24, 2.45) is 0 Å². The van der Waals surface area contributed by atoms with Gasteiger partial charge in [-0.05, 0) is 23.6 Å². The Morgan fingerprint density at radius 2 is 1.33 bits per heavy atom. The fraction of sp³-hybridized carbons (Fsp3) is 0.0667. The maximum Gasteiger partial charge on any atom is -0.0183 e. The number of hydrogen-bond acceptors (Lipinski definition) is 0. The fourth-order valence-electron chi connectivity index (χ4n) is 1.56. The van der Waals surface area contributed by atoms with E-state index in [0.717, 1.165) is 5.57 Å². The molecule has 0 saturated carbocycles. The molecule has 0 N–H and O–H groups in total. The lowest BCUT2D eigenvalue weighted by atomic mass is 9.99. The van der Waals surface area contributed by atoms with Gasteiger partial charge in [0.1, 0.15) is 0 Å². The van der Waals surface area contributed by atoms with Gasteiger partial charge in [0.15, 0.2) is 0 Å². The molecule has 0 aromatic heterocycles. The number of hydrogen-bond donors (Lipinski definition) is 0. The SMILES string of the molecule is C=C(c1ccccc1)c1ccc(C)cc1. The van der Waals surface area contributed by atoms with Crippen LogP contribution < -0.4 is 0 Å². The standard InChI is InChI=1S/C15H14/c1-12-8-10-15(11-9-12)13(2)14-6-4-3-5-7-14/h3-11H,2H2,1H3. The molecule has 0 heteroatoms. The molecule has 2 aromatic carbocycles. The average molecular weight is 194 g/mol. The lowest BCUT2D eigenvalue weighted by molar-refractivity contribution is 1.45. The Balaban J connectivity index is 2.33. The first-order valence-electron chi connectivity index (χ1n) is 5.09. The predicted octanol–water partition coefficient (Wildman–Crippen LogP) is 4.06. The van der Waals surface area contributed by atoms with Gasteiger partial charge in [-0.15, -0.1) is 0 Å². The van der Waals surface area contributed by atoms with Crippen molar-refractivity contribution in [3.05, 3.63) is 77.9 Å². The van der Waals surface area contributed by atoms with Crippen LogP contribution in [-0.4, -0.2) is 0 Å². The van der Waals surface area contributed by atoms with Crippen molar-refractivity contribution in [2.45, 2.75) is 6.92 Å². The van der Waals surface area contributed by atoms with Crippen LogP contribution in [0.5, 0.6) is 0 Å². The summed E-state index contributed by atoms with van der Waals surface area (Å²) in [7, 11) is 0. The van der Waals surface area contributed by atoms with E-state index in [1.54, 1.807) is 0 Å². The van der Waals surface area contributed by atoms with Gasteiger partial charge in [-0.2, -0.15) is 0 Å². The topological polar surface area (TPSA) is 0 Å². The maximum atomic E-state index is 4.12. The van der Waals surface area contributed by atoms with Crippen molar-refractivity contribution >= 4 is 5.57 Å². The Morgan fingerprint density at radius 3 is 1.93 bits per heavy atom. The largest absolute Gasteiger partial charge is 0.0906 e. The van der Waals surface area contributed by atoms with Crippen LogP contribution in [0.3, 0.4) is 0 Å². The first kappa shape index (κ1) is 9.72. The Kier molecular flexibility index (Phi) is 2.68. The van der Waals surface area contributed by atoms with Gasteiger partial charge < -0.3 is 0 Å². The molecule has 0 unspecified atom stereocenters. The highest BCUT2D eigenvalue weighted by Crippen LogP contribution is 2.21. The molecule has 0 radical (unpaired) electrons. The van der Waals surface area contributed by atoms with Crippen molar-refractivity contribution < 1.29 is 0 Å². The zero-order chi connectivity index (χ0) is 10.7. The lowest BCUT2D eigenvalue weighted by Gasteiger charge is -2.06. The smallest absolute Gasteiger partial charge is 0.0183 e. The number of benzene rings is 2. The van der Waals surface area contributed by atoms with Crippen LogP contribution in [0.1, 0.15) is 16.7 Å². The van der Waals surface area contributed by atoms with E-state index >= 15 is 0 Å². The molecule has 2 rings (SSSR count). The molecule has 0 bridgehead atoms. The van der Waals surface area contributed by atoms with Crippen LogP contribution in [-0.2, 0) is 0 Å². The summed E-state index contributed by atoms with van der Waals surface area (Å²) in [5.41, 5.74) is 4.73. The number of aryl methyl sites for hydroxylation is 1. The molecule has 74 valence electrons. The van der Waals surface area contributed by atoms with E-state index in [1.165, 1.54) is 16.7 Å². The van der Waals surface area contributed by atoms with E-state index in [9.17, 15) is 0 Å². The van der Waals surface area contributed by atoms with E-state index < -0.39 is 0 Å². The summed E-state index contributed by atoms with van der Waals surface area (Å²) in [6.45, 7) is 6.22. The van der Waals surface area contributed by atoms with Gasteiger partial charge in [0, 0.05) is 0 Å². The van der Waals surface area contributed by atoms with Crippen LogP contribution in [0.15, 0.2) is 61.2 Å². The van der Waals surface area contributed by atoms with Gasteiger partial charge in [0.2, 0.25) is 0 Å². The summed E-state index contributed by atoms with van der Waals surface area (Å²) >= 11 is 0. The number of rotatable bonds is 2. The van der Waals surface area contributed by atoms with Gasteiger partial charge >= 0.3 is 0 Å². The molecule has 2 aromatic rings. The second kappa shape index (κ2) is 4.14. The van der Waals surface area contributed by atoms with Crippen LogP contribution >= 0.6 is 0 Å². The average Bonchev–Trinajstić information content (AvgIpc) is 2.30. The van der Waals surface area contributed by atoms with E-state index in [0.29, 0.717) is 0 Å². The molecule has 0 aliphatic heterocycles. The molecule has 15 heavy (non-hydrogen) atoms. The first-order chi connectivity index (χ1) is 7.27. The van der Waals surface area contributed by atoms with E-state index in [-0.39, 0.29) is 0 Å². The quantitative estimate of drug-likeness (QED) is 0.676. The summed E-state index contributed by atoms with van der Waals surface area (Å²) in [6.07, 6.45) is 0. The van der Waals surface area contributed by atoms with Gasteiger partial charge in [0.25, 0.3) is 0 Å². The minimum atomic E-state index is 1.08. The van der Waals surface area contributed by atoms with Crippen LogP contribution in [0.2, 0.25) is 0 Å². The molecular weight excluding hydrogens is 180 g/mol. The van der Waals surface area contributed by atoms with Gasteiger partial charge in [-0.25, -0.2) is 0 Å². The molecular formula is C15H14. The first-order valence-corrected chi connectivity index (χ1v) is 5.09. The molecule has 0 heterocycles. The van der Waals surface area contributed by atoms with Gasteiger partial charge in [-0.3, -0.25) is 0 Å². The third-order valence-corrected chi connectivity index (χ3v) is 2.52. The monoisotopic (exact) mass is 194 g/mol. The molecule has 0 atom stereocenters. The summed E-state index contributed by atoms with van der Waals surface area (Å²) in [6, 6.07) is 18.7. The summed E-state index contributed by atoms with van der Waals surface area (Å²) in [5.74, 6) is 0. The summed E-state index contributed by atoms with van der Waals surface area (Å²) in [4.78, 5) is 0. The van der Waals surface area contributed by atoms with Crippen molar-refractivity contribution in [1.29, 1.82) is 0 Å². The Bertz CT molecular complexity index is 449. The van der Waals surface area contributed by atoms with Crippen molar-refractivity contribution in [3.63, 3.8) is 0 Å². The minimum Gasteiger partial charge on any atom is -0.0906 e. The van der Waals surface area contributed by atoms with Crippen LogP contribution in [0.4, 0.5) is 0 Å². The normalized spacial score (nSPS) is 9.93. The fourth-order valence-corrected chi connectivity index (χ4v) is 1.56. The summed E-state index contributed by atoms with van der Waals surface area (Å²) < 4.78 is 0. The zero-order valence-electron chi connectivity index (χ0n) is 8.90. The second-order valence-electron chi connectivity index (χ2n) is 3.71. The predicted molar refractivity (Wildman–Crippen MR) is 65.8 cm³/mol. The van der Waals surface area contributed by atoms with Crippen molar-refractivity contribution in [3.8, 4) is 0 Å². The molecule has 0 aliphatic rings. The van der Waals surface area contributed by atoms with E-state index in [1.807, 2.05) is 18.2 Å². The molecule has 0 amide bonds. The van der Waals surface area contributed by atoms with Crippen molar-refractivity contribution in [2.75, 3.05) is 0 Å². The van der Waals surface area contributed by atoms with Crippen LogP contribution in [0, 0.1) is 6.92 Å². The lowest BCUT2D eigenvalue weighted by Crippen LogP contribution is -1.85. The van der Waals surface area contributed by atoms with Crippen LogP contribution in [0.25, 0.3) is 5.57 Å². The molecule has 0 saturated heterocycles. The van der Waals surface area contributed by atoms with E-state index in [4.69, 9.17) is 0 Å². The van der Waals surface area contributed by atoms with Gasteiger partial charge in [0.05, 0.1) is 0 Å². The second-order valence-corrected chi connectivity index (χ2v) is 3.71. The highest BCUT2D eigenvalue weighted by Gasteiger charge is 2.00. The highest BCUT2D eigenvalue weighted by atomic mass is 14.0. The minimum absolute atomic E-state index is 1.08. The third kappa shape index (κ3) is 2.16. The van der Waals surface area contributed by atoms with Gasteiger partial charge in [-0.1, -0.05) is 66.7 Å². The Hall–Kier alpha value is -1.82. The summed E-state index contributed by atoms with van der Waals surface area (Å²) in [5, 5.41) is 0. The third-order valence-electron chi connectivity index (χ3n) is 2.52. The maximum absolute atomic E-state index is 4.12. The zero-order valence-corrected chi connectivity index (χ0v) is 8.90.